The Hall–Kier alpha value is -2.26. The number of nitrogens with zero attached hydrogens (tertiary/aromatic N) is 3. The number of nitrogens with one attached hydrogen (secondary N) is 1. The van der Waals surface area contributed by atoms with Gasteiger partial charge in [0.1, 0.15) is 10.1 Å². The molecule has 1 N–H and O–H groups in total. The molecule has 0 fully saturated rings. The fourth-order valence-corrected chi connectivity index (χ4v) is 4.29. The number of ketones is 1. The summed E-state index contributed by atoms with van der Waals surface area (Å²) in [5.41, 5.74) is 1.15. The molecule has 0 saturated heterocycles. The number of carbonyl (C=O) groups excluding carboxylic acids is 2. The number of thioether (sulfide) groups is 1. The van der Waals surface area contributed by atoms with Gasteiger partial charge in [0, 0.05) is 38.0 Å². The zero-order valence-corrected chi connectivity index (χ0v) is 17.4. The van der Waals surface area contributed by atoms with E-state index in [-0.39, 0.29) is 29.3 Å². The normalized spacial score (nSPS) is 15.8. The lowest BCUT2D eigenvalue weighted by Gasteiger charge is -2.21. The van der Waals surface area contributed by atoms with Gasteiger partial charge in [0.25, 0.3) is 0 Å². The highest BCUT2D eigenvalue weighted by Gasteiger charge is 2.29. The van der Waals surface area contributed by atoms with Crippen molar-refractivity contribution in [1.29, 1.82) is 0 Å². The first-order valence-electron chi connectivity index (χ1n) is 9.15. The monoisotopic (exact) mass is 418 g/mol. The van der Waals surface area contributed by atoms with Crippen LogP contribution in [0.25, 0.3) is 0 Å². The molecule has 1 aliphatic carbocycles. The van der Waals surface area contributed by atoms with Crippen molar-refractivity contribution in [2.45, 2.75) is 32.6 Å². The molecule has 2 aromatic heterocycles. The average Bonchev–Trinajstić information content (AvgIpc) is 3.22. The van der Waals surface area contributed by atoms with Crippen LogP contribution in [0, 0.1) is 0 Å². The Kier molecular flexibility index (Phi) is 6.79. The predicted molar refractivity (Wildman–Crippen MR) is 113 cm³/mol. The lowest BCUT2D eigenvalue weighted by atomic mass is 9.85. The molecule has 28 heavy (non-hydrogen) atoms. The zero-order valence-electron chi connectivity index (χ0n) is 15.8. The summed E-state index contributed by atoms with van der Waals surface area (Å²) in [6, 6.07) is 3.67. The molecule has 2 aromatic rings. The van der Waals surface area contributed by atoms with E-state index in [4.69, 9.17) is 16.6 Å². The van der Waals surface area contributed by atoms with Crippen LogP contribution in [0.1, 0.15) is 48.0 Å². The minimum atomic E-state index is -0.232. The second-order valence-electron chi connectivity index (χ2n) is 6.37. The van der Waals surface area contributed by atoms with Crippen molar-refractivity contribution in [1.82, 2.24) is 14.9 Å². The maximum Gasteiger partial charge on any atom is 0.237 e. The molecule has 0 spiro atoms. The number of thiocarbonyl (C=S) groups is 1. The molecule has 1 aliphatic rings. The molecule has 1 atom stereocenters. The van der Waals surface area contributed by atoms with Crippen molar-refractivity contribution in [3.63, 3.8) is 0 Å². The number of hydrogen-bond acceptors (Lipinski definition) is 7. The summed E-state index contributed by atoms with van der Waals surface area (Å²) in [4.78, 5) is 35.2. The molecule has 0 bridgehead atoms. The number of aromatic nitrogens is 2. The number of Topliss-reactive ketones (excluding diaryl/α,β-unsaturated/α-hetero) is 1. The van der Waals surface area contributed by atoms with Crippen LogP contribution < -0.4 is 5.32 Å². The van der Waals surface area contributed by atoms with Crippen molar-refractivity contribution >= 4 is 45.9 Å². The number of carbonyl (C=O) groups is 2. The highest BCUT2D eigenvalue weighted by molar-refractivity contribution is 8.23. The third-order valence-electron chi connectivity index (χ3n) is 4.58. The summed E-state index contributed by atoms with van der Waals surface area (Å²) in [5, 5.41) is 2.69. The lowest BCUT2D eigenvalue weighted by molar-refractivity contribution is -0.113. The maximum absolute atomic E-state index is 12.4. The van der Waals surface area contributed by atoms with Gasteiger partial charge in [-0.05, 0) is 26.0 Å². The topological polar surface area (TPSA) is 88.3 Å². The Balaban J connectivity index is 1.63. The standard InChI is InChI=1S/C19H22N4O3S2/c1-3-23(4-2)19(27)28-11-17(25)22-18-20-10-13-14(21-18)8-12(9-15(13)24)16-6-5-7-26-16/h5-7,10,12H,3-4,8-9,11H2,1-2H3,(H,20,21,22,25). The SMILES string of the molecule is CCN(CC)C(=S)SCC(=O)Nc1ncc2c(n1)CC(c1ccco1)CC2=O. The number of amides is 1. The van der Waals surface area contributed by atoms with E-state index < -0.39 is 0 Å². The number of hydrogen-bond donors (Lipinski definition) is 1. The summed E-state index contributed by atoms with van der Waals surface area (Å²) in [6.45, 7) is 5.66. The number of fused-ring (bicyclic) bond motifs is 1. The van der Waals surface area contributed by atoms with Gasteiger partial charge < -0.3 is 9.32 Å². The molecule has 0 aromatic carbocycles. The quantitative estimate of drug-likeness (QED) is 0.715. The summed E-state index contributed by atoms with van der Waals surface area (Å²) in [5.74, 6) is 0.861. The van der Waals surface area contributed by atoms with Gasteiger partial charge in [-0.2, -0.15) is 0 Å². The molecule has 1 amide bonds. The minimum absolute atomic E-state index is 0.0133. The molecule has 0 aliphatic heterocycles. The van der Waals surface area contributed by atoms with Gasteiger partial charge in [0.2, 0.25) is 11.9 Å². The summed E-state index contributed by atoms with van der Waals surface area (Å²) >= 11 is 6.65. The zero-order chi connectivity index (χ0) is 20.1. The Labute approximate surface area is 173 Å². The largest absolute Gasteiger partial charge is 0.469 e. The van der Waals surface area contributed by atoms with E-state index in [1.807, 2.05) is 24.8 Å². The fourth-order valence-electron chi connectivity index (χ4n) is 3.09. The van der Waals surface area contributed by atoms with Crippen LogP contribution in [-0.4, -0.2) is 49.7 Å². The van der Waals surface area contributed by atoms with Gasteiger partial charge in [-0.1, -0.05) is 24.0 Å². The van der Waals surface area contributed by atoms with Crippen molar-refractivity contribution in [3.05, 3.63) is 41.6 Å². The van der Waals surface area contributed by atoms with E-state index in [2.05, 4.69) is 15.3 Å². The van der Waals surface area contributed by atoms with Gasteiger partial charge >= 0.3 is 0 Å². The van der Waals surface area contributed by atoms with Gasteiger partial charge in [-0.15, -0.1) is 0 Å². The fraction of sp³-hybridized carbons (Fsp3) is 0.421. The number of furan rings is 1. The van der Waals surface area contributed by atoms with Crippen molar-refractivity contribution < 1.29 is 14.0 Å². The van der Waals surface area contributed by atoms with Crippen LogP contribution in [-0.2, 0) is 11.2 Å². The van der Waals surface area contributed by atoms with E-state index in [0.29, 0.717) is 28.4 Å². The molecule has 0 saturated carbocycles. The van der Waals surface area contributed by atoms with Gasteiger partial charge in [0.05, 0.1) is 23.3 Å². The molecule has 0 radical (unpaired) electrons. The summed E-state index contributed by atoms with van der Waals surface area (Å²) in [6.07, 6.45) is 4.03. The van der Waals surface area contributed by atoms with E-state index in [1.54, 1.807) is 12.3 Å². The van der Waals surface area contributed by atoms with Crippen LogP contribution in [0.2, 0.25) is 0 Å². The van der Waals surface area contributed by atoms with Gasteiger partial charge in [0.15, 0.2) is 5.78 Å². The first kappa shape index (κ1) is 20.5. The van der Waals surface area contributed by atoms with Crippen molar-refractivity contribution in [3.8, 4) is 0 Å². The van der Waals surface area contributed by atoms with Gasteiger partial charge in [-0.3, -0.25) is 14.9 Å². The van der Waals surface area contributed by atoms with Crippen molar-refractivity contribution in [2.24, 2.45) is 0 Å². The molecule has 3 rings (SSSR count). The van der Waals surface area contributed by atoms with Crippen LogP contribution in [0.15, 0.2) is 29.0 Å². The van der Waals surface area contributed by atoms with E-state index in [1.165, 1.54) is 18.0 Å². The first-order valence-corrected chi connectivity index (χ1v) is 10.5. The van der Waals surface area contributed by atoms with Crippen LogP contribution in [0.3, 0.4) is 0 Å². The van der Waals surface area contributed by atoms with Crippen LogP contribution >= 0.6 is 24.0 Å². The molecule has 1 unspecified atom stereocenters. The predicted octanol–water partition coefficient (Wildman–Crippen LogP) is 3.28. The molecular weight excluding hydrogens is 396 g/mol. The first-order chi connectivity index (χ1) is 13.5. The highest BCUT2D eigenvalue weighted by Crippen LogP contribution is 2.32. The Bertz CT molecular complexity index is 866. The second kappa shape index (κ2) is 9.29. The Morgan fingerprint density at radius 2 is 2.18 bits per heavy atom. The highest BCUT2D eigenvalue weighted by atomic mass is 32.2. The molecule has 9 heteroatoms. The van der Waals surface area contributed by atoms with E-state index >= 15 is 0 Å². The van der Waals surface area contributed by atoms with Crippen LogP contribution in [0.5, 0.6) is 0 Å². The number of anilines is 1. The van der Waals surface area contributed by atoms with Crippen LogP contribution in [0.4, 0.5) is 5.95 Å². The lowest BCUT2D eigenvalue weighted by Crippen LogP contribution is -2.28. The Morgan fingerprint density at radius 3 is 2.86 bits per heavy atom. The summed E-state index contributed by atoms with van der Waals surface area (Å²) in [7, 11) is 0. The molecule has 148 valence electrons. The molecular formula is C19H22N4O3S2. The number of rotatable bonds is 6. The molecule has 7 nitrogen and oxygen atoms in total. The second-order valence-corrected chi connectivity index (χ2v) is 7.98. The Morgan fingerprint density at radius 1 is 1.39 bits per heavy atom. The smallest absolute Gasteiger partial charge is 0.237 e. The van der Waals surface area contributed by atoms with Gasteiger partial charge in [-0.25, -0.2) is 9.97 Å². The molecule has 2 heterocycles. The summed E-state index contributed by atoms with van der Waals surface area (Å²) < 4.78 is 6.13. The average molecular weight is 419 g/mol. The maximum atomic E-state index is 12.4. The minimum Gasteiger partial charge on any atom is -0.469 e. The van der Waals surface area contributed by atoms with E-state index in [0.717, 1.165) is 18.8 Å². The van der Waals surface area contributed by atoms with Crippen molar-refractivity contribution in [2.75, 3.05) is 24.2 Å². The van der Waals surface area contributed by atoms with E-state index in [9.17, 15) is 9.59 Å². The third kappa shape index (κ3) is 4.77. The third-order valence-corrected chi connectivity index (χ3v) is 6.11.